The highest BCUT2D eigenvalue weighted by molar-refractivity contribution is 7.90. The van der Waals surface area contributed by atoms with Crippen molar-refractivity contribution < 1.29 is 3.89 Å². The number of rotatable bonds is 17. The van der Waals surface area contributed by atoms with Crippen molar-refractivity contribution >= 4 is 11.1 Å². The Balaban J connectivity index is 2.39. The molecule has 0 fully saturated rings. The first kappa shape index (κ1) is 24.6. The van der Waals surface area contributed by atoms with E-state index in [1.165, 1.54) is 105 Å². The van der Waals surface area contributed by atoms with Crippen LogP contribution in [-0.2, 0) is 16.8 Å². The van der Waals surface area contributed by atoms with Crippen LogP contribution in [0, 0.1) is 0 Å². The summed E-state index contributed by atoms with van der Waals surface area (Å²) in [6, 6.07) is 11.2. The maximum absolute atomic E-state index is 2.40. The van der Waals surface area contributed by atoms with E-state index in [1.807, 2.05) is 0 Å². The fourth-order valence-corrected chi connectivity index (χ4v) is 7.16. The summed E-state index contributed by atoms with van der Waals surface area (Å²) in [6.07, 6.45) is 14.4. The van der Waals surface area contributed by atoms with Crippen molar-refractivity contribution in [1.29, 1.82) is 0 Å². The average molecular weight is 394 g/mol. The molecule has 0 aliphatic heterocycles. The summed E-state index contributed by atoms with van der Waals surface area (Å²) in [5, 5.41) is 0. The second kappa shape index (κ2) is 15.5. The van der Waals surface area contributed by atoms with Gasteiger partial charge < -0.3 is 0 Å². The van der Waals surface area contributed by atoms with Gasteiger partial charge in [0.1, 0.15) is 19.6 Å². The van der Waals surface area contributed by atoms with Gasteiger partial charge in [-0.3, -0.25) is 0 Å². The highest BCUT2D eigenvalue weighted by Crippen LogP contribution is 2.24. The van der Waals surface area contributed by atoms with E-state index in [9.17, 15) is 0 Å². The first-order valence-corrected chi connectivity index (χ1v) is 13.3. The van der Waals surface area contributed by atoms with E-state index in [0.717, 1.165) is 0 Å². The SMILES string of the molecule is CCCCCCCCCCCC[S+](Cc1ccccc1)[N+](CC)(CC)CC. The van der Waals surface area contributed by atoms with Gasteiger partial charge in [-0.05, 0) is 33.6 Å². The van der Waals surface area contributed by atoms with Crippen molar-refractivity contribution in [2.24, 2.45) is 0 Å². The maximum atomic E-state index is 2.40. The number of benzene rings is 1. The molecule has 0 bridgehead atoms. The van der Waals surface area contributed by atoms with Gasteiger partial charge in [-0.1, -0.05) is 88.6 Å². The van der Waals surface area contributed by atoms with Gasteiger partial charge in [0.25, 0.3) is 0 Å². The molecule has 0 saturated carbocycles. The first-order chi connectivity index (χ1) is 13.2. The Hall–Kier alpha value is -0.470. The zero-order chi connectivity index (χ0) is 19.8. The molecule has 156 valence electrons. The van der Waals surface area contributed by atoms with Crippen LogP contribution in [0.3, 0.4) is 0 Å². The van der Waals surface area contributed by atoms with E-state index in [0.29, 0.717) is 11.1 Å². The molecule has 2 heteroatoms. The van der Waals surface area contributed by atoms with Crippen LogP contribution in [0.2, 0.25) is 0 Å². The molecule has 0 amide bonds. The van der Waals surface area contributed by atoms with E-state index in [4.69, 9.17) is 0 Å². The maximum Gasteiger partial charge on any atom is 0.185 e. The summed E-state index contributed by atoms with van der Waals surface area (Å²) in [6.45, 7) is 13.3. The second-order valence-corrected chi connectivity index (χ2v) is 10.4. The van der Waals surface area contributed by atoms with Crippen molar-refractivity contribution in [2.45, 2.75) is 97.7 Å². The molecule has 0 spiro atoms. The van der Waals surface area contributed by atoms with Crippen LogP contribution in [0.4, 0.5) is 0 Å². The third kappa shape index (κ3) is 9.52. The molecule has 1 rings (SSSR count). The summed E-state index contributed by atoms with van der Waals surface area (Å²) < 4.78 is 1.31. The number of quaternary nitrogens is 1. The van der Waals surface area contributed by atoms with E-state index < -0.39 is 0 Å². The van der Waals surface area contributed by atoms with Crippen LogP contribution < -0.4 is 0 Å². The lowest BCUT2D eigenvalue weighted by atomic mass is 10.1. The van der Waals surface area contributed by atoms with Crippen LogP contribution in [0.15, 0.2) is 30.3 Å². The van der Waals surface area contributed by atoms with Crippen molar-refractivity contribution in [3.8, 4) is 0 Å². The summed E-state index contributed by atoms with van der Waals surface area (Å²) >= 11 is 0.453. The smallest absolute Gasteiger partial charge is 0.145 e. The molecule has 1 atom stereocenters. The van der Waals surface area contributed by atoms with E-state index in [-0.39, 0.29) is 0 Å². The van der Waals surface area contributed by atoms with Gasteiger partial charge in [-0.15, -0.1) is 3.89 Å². The molecule has 0 radical (unpaired) electrons. The van der Waals surface area contributed by atoms with Gasteiger partial charge in [-0.2, -0.15) is 0 Å². The average Bonchev–Trinajstić information content (AvgIpc) is 2.71. The second-order valence-electron chi connectivity index (χ2n) is 7.99. The Morgan fingerprint density at radius 3 is 1.59 bits per heavy atom. The molecule has 0 aromatic heterocycles. The Morgan fingerprint density at radius 1 is 0.630 bits per heavy atom. The molecular formula is C25H47NS+2. The minimum Gasteiger partial charge on any atom is -0.145 e. The first-order valence-electron chi connectivity index (χ1n) is 11.8. The standard InChI is InChI=1S/C25H47NS/c1-5-9-10-11-12-13-14-15-16-20-23-27(26(6-2,7-3)8-4)24-25-21-18-17-19-22-25/h17-19,21-22H,5-16,20,23-24H2,1-4H3/q+2. The topological polar surface area (TPSA) is 0 Å². The van der Waals surface area contributed by atoms with E-state index in [1.54, 1.807) is 0 Å². The van der Waals surface area contributed by atoms with Crippen molar-refractivity contribution in [3.05, 3.63) is 35.9 Å². The number of hydrogen-bond acceptors (Lipinski definition) is 0. The Morgan fingerprint density at radius 2 is 1.11 bits per heavy atom. The van der Waals surface area contributed by atoms with Crippen LogP contribution >= 0.6 is 0 Å². The highest BCUT2D eigenvalue weighted by Gasteiger charge is 2.42. The fourth-order valence-electron chi connectivity index (χ4n) is 4.14. The number of hydrogen-bond donors (Lipinski definition) is 0. The number of unbranched alkanes of at least 4 members (excludes halogenated alkanes) is 9. The zero-order valence-corrected chi connectivity index (χ0v) is 19.7. The molecule has 27 heavy (non-hydrogen) atoms. The number of nitrogens with zero attached hydrogens (tertiary/aromatic N) is 1. The van der Waals surface area contributed by atoms with Crippen LogP contribution in [0.25, 0.3) is 0 Å². The fraction of sp³-hybridized carbons (Fsp3) is 0.760. The van der Waals surface area contributed by atoms with Gasteiger partial charge in [0.15, 0.2) is 22.6 Å². The quantitative estimate of drug-likeness (QED) is 0.146. The lowest BCUT2D eigenvalue weighted by Gasteiger charge is -2.32. The van der Waals surface area contributed by atoms with Gasteiger partial charge >= 0.3 is 0 Å². The molecule has 1 aromatic carbocycles. The minimum atomic E-state index is 0.453. The summed E-state index contributed by atoms with van der Waals surface area (Å²) in [4.78, 5) is 0. The molecule has 0 aliphatic rings. The van der Waals surface area contributed by atoms with Crippen molar-refractivity contribution in [3.63, 3.8) is 0 Å². The predicted octanol–water partition coefficient (Wildman–Crippen LogP) is 7.52. The molecule has 1 unspecified atom stereocenters. The Kier molecular flexibility index (Phi) is 14.1. The van der Waals surface area contributed by atoms with Gasteiger partial charge in [0.2, 0.25) is 0 Å². The van der Waals surface area contributed by atoms with Crippen molar-refractivity contribution in [2.75, 3.05) is 25.4 Å². The molecule has 0 aliphatic carbocycles. The summed E-state index contributed by atoms with van der Waals surface area (Å²) in [7, 11) is 0. The highest BCUT2D eigenvalue weighted by atomic mass is 32.2. The van der Waals surface area contributed by atoms with Crippen LogP contribution in [0.5, 0.6) is 0 Å². The van der Waals surface area contributed by atoms with Crippen LogP contribution in [0.1, 0.15) is 97.5 Å². The monoisotopic (exact) mass is 393 g/mol. The normalized spacial score (nSPS) is 13.0. The Bertz CT molecular complexity index is 433. The molecule has 0 saturated heterocycles. The molecular weight excluding hydrogens is 346 g/mol. The predicted molar refractivity (Wildman–Crippen MR) is 126 cm³/mol. The molecule has 0 heterocycles. The van der Waals surface area contributed by atoms with E-state index >= 15 is 0 Å². The van der Waals surface area contributed by atoms with Gasteiger partial charge in [-0.25, -0.2) is 0 Å². The molecule has 1 aromatic rings. The third-order valence-electron chi connectivity index (χ3n) is 6.19. The van der Waals surface area contributed by atoms with E-state index in [2.05, 4.69) is 58.0 Å². The van der Waals surface area contributed by atoms with Crippen molar-refractivity contribution in [1.82, 2.24) is 0 Å². The Labute approximate surface area is 174 Å². The van der Waals surface area contributed by atoms with Crippen LogP contribution in [-0.4, -0.2) is 29.3 Å². The van der Waals surface area contributed by atoms with Gasteiger partial charge in [0, 0.05) is 5.56 Å². The third-order valence-corrected chi connectivity index (χ3v) is 9.48. The largest absolute Gasteiger partial charge is 0.185 e. The van der Waals surface area contributed by atoms with Gasteiger partial charge in [0.05, 0.1) is 0 Å². The summed E-state index contributed by atoms with van der Waals surface area (Å²) in [5.74, 6) is 2.69. The molecule has 1 nitrogen and oxygen atoms in total. The molecule has 0 N–H and O–H groups in total. The zero-order valence-electron chi connectivity index (χ0n) is 18.8. The lowest BCUT2D eigenvalue weighted by Crippen LogP contribution is -2.53. The minimum absolute atomic E-state index is 0.453. The summed E-state index contributed by atoms with van der Waals surface area (Å²) in [5.41, 5.74) is 1.53. The lowest BCUT2D eigenvalue weighted by molar-refractivity contribution is -0.796.